The van der Waals surface area contributed by atoms with Gasteiger partial charge in [0, 0.05) is 9.52 Å². The van der Waals surface area contributed by atoms with Crippen LogP contribution in [0.2, 0.25) is 13.1 Å². The molecule has 0 amide bonds. The predicted molar refractivity (Wildman–Crippen MR) is 166 cm³/mol. The zero-order chi connectivity index (χ0) is 26.9. The van der Waals surface area contributed by atoms with E-state index >= 15 is 0 Å². The molecule has 0 saturated carbocycles. The van der Waals surface area contributed by atoms with Gasteiger partial charge in [0.15, 0.2) is 0 Å². The van der Waals surface area contributed by atoms with Crippen LogP contribution in [0.4, 0.5) is 0 Å². The van der Waals surface area contributed by atoms with Crippen molar-refractivity contribution in [2.75, 3.05) is 0 Å². The Morgan fingerprint density at radius 2 is 1.46 bits per heavy atom. The molecule has 37 heavy (non-hydrogen) atoms. The van der Waals surface area contributed by atoms with Gasteiger partial charge >= 0.3 is 37.9 Å². The maximum atomic E-state index is 4.93. The van der Waals surface area contributed by atoms with Gasteiger partial charge in [-0.05, 0) is 24.0 Å². The molecule has 0 spiro atoms. The summed E-state index contributed by atoms with van der Waals surface area (Å²) in [6, 6.07) is 35.2. The Labute approximate surface area is 245 Å². The summed E-state index contributed by atoms with van der Waals surface area (Å²) in [5.74, 6) is 0. The number of benzene rings is 3. The van der Waals surface area contributed by atoms with Crippen LogP contribution >= 0.6 is 17.0 Å². The fraction of sp³-hybridized carbons (Fsp3) is 0.273. The summed E-state index contributed by atoms with van der Waals surface area (Å²) in [7, 11) is 11.0. The second-order valence-electron chi connectivity index (χ2n) is 8.95. The third-order valence-electron chi connectivity index (χ3n) is 5.98. The fourth-order valence-corrected chi connectivity index (χ4v) is 4.28. The standard InChI is InChI=1S/C22H25.C9H7.C2H6Si.2ClH.Zr/c1-3-5-8-18-15-20-9-6-10-21(22(20)16-18)19-13-11-17(7-4-2)12-14-19;1-2-5-9-7-3-6-8(9)4-1;1-3-2;;;/h6,9-16H,3-5,7-8H2,1-2H3;1-7H;1-2H3;2*1H;/q2*-1;;;;+4/p-2. The average Bonchev–Trinajstić information content (AvgIpc) is 3.56. The van der Waals surface area contributed by atoms with Gasteiger partial charge in [0.1, 0.15) is 0 Å². The molecule has 0 fully saturated rings. The first-order chi connectivity index (χ1) is 18.1. The zero-order valence-corrected chi connectivity index (χ0v) is 27.5. The minimum Gasteiger partial charge on any atom is -0.168 e. The van der Waals surface area contributed by atoms with Crippen molar-refractivity contribution in [2.24, 2.45) is 0 Å². The molecule has 0 heterocycles. The van der Waals surface area contributed by atoms with E-state index in [1.807, 2.05) is 0 Å². The smallest absolute Gasteiger partial charge is 0.0809 e. The van der Waals surface area contributed by atoms with Gasteiger partial charge in [0.05, 0.1) is 0 Å². The molecule has 0 atom stereocenters. The molecule has 0 aliphatic carbocycles. The molecular formula is C33H38Cl2SiZr. The molecule has 5 rings (SSSR count). The van der Waals surface area contributed by atoms with Crippen LogP contribution in [0, 0.1) is 0 Å². The Balaban J connectivity index is 0.000000263. The molecule has 5 aromatic rings. The quantitative estimate of drug-likeness (QED) is 0.130. The van der Waals surface area contributed by atoms with Crippen molar-refractivity contribution in [3.8, 4) is 11.1 Å². The Hall–Kier alpha value is -1.44. The second-order valence-corrected chi connectivity index (χ2v) is 13.7. The number of hydrogen-bond donors (Lipinski definition) is 0. The van der Waals surface area contributed by atoms with E-state index < -0.39 is 20.8 Å². The maximum Gasteiger partial charge on any atom is -0.0809 e. The molecule has 0 unspecified atom stereocenters. The van der Waals surface area contributed by atoms with E-state index in [0.29, 0.717) is 0 Å². The molecule has 0 nitrogen and oxygen atoms in total. The molecule has 4 heteroatoms. The van der Waals surface area contributed by atoms with E-state index in [0.717, 1.165) is 9.52 Å². The molecule has 0 aliphatic rings. The van der Waals surface area contributed by atoms with Crippen LogP contribution in [0.3, 0.4) is 0 Å². The Morgan fingerprint density at radius 1 is 0.784 bits per heavy atom. The van der Waals surface area contributed by atoms with Crippen LogP contribution in [-0.4, -0.2) is 9.52 Å². The summed E-state index contributed by atoms with van der Waals surface area (Å²) < 4.78 is 0. The molecule has 0 N–H and O–H groups in total. The van der Waals surface area contributed by atoms with E-state index in [4.69, 9.17) is 17.0 Å². The monoisotopic (exact) mass is 622 g/mol. The van der Waals surface area contributed by atoms with E-state index in [1.165, 1.54) is 75.9 Å². The number of aryl methyl sites for hydroxylation is 2. The summed E-state index contributed by atoms with van der Waals surface area (Å²) >= 11 is -0.826. The van der Waals surface area contributed by atoms with Crippen LogP contribution in [0.5, 0.6) is 0 Å². The number of rotatable bonds is 6. The Bertz CT molecular complexity index is 1240. The third kappa shape index (κ3) is 10.7. The summed E-state index contributed by atoms with van der Waals surface area (Å²) in [6.45, 7) is 8.79. The molecular weight excluding hydrogens is 587 g/mol. The molecule has 5 aromatic carbocycles. The van der Waals surface area contributed by atoms with Crippen molar-refractivity contribution in [1.29, 1.82) is 0 Å². The van der Waals surface area contributed by atoms with Gasteiger partial charge in [-0.1, -0.05) is 88.2 Å². The predicted octanol–water partition coefficient (Wildman–Crippen LogP) is 11.2. The van der Waals surface area contributed by atoms with Crippen LogP contribution in [0.1, 0.15) is 44.2 Å². The fourth-order valence-electron chi connectivity index (χ4n) is 4.28. The molecule has 0 saturated heterocycles. The summed E-state index contributed by atoms with van der Waals surface area (Å²) in [5, 5.41) is 5.44. The van der Waals surface area contributed by atoms with Crippen molar-refractivity contribution in [3.63, 3.8) is 0 Å². The molecule has 0 bridgehead atoms. The van der Waals surface area contributed by atoms with E-state index in [-0.39, 0.29) is 0 Å². The molecule has 0 aromatic heterocycles. The molecule has 2 radical (unpaired) electrons. The summed E-state index contributed by atoms with van der Waals surface area (Å²) in [4.78, 5) is 0. The first-order valence-electron chi connectivity index (χ1n) is 13.0. The molecule has 0 aliphatic heterocycles. The van der Waals surface area contributed by atoms with Gasteiger partial charge in [-0.2, -0.15) is 23.6 Å². The minimum atomic E-state index is -0.826. The Morgan fingerprint density at radius 3 is 2.11 bits per heavy atom. The zero-order valence-electron chi connectivity index (χ0n) is 22.5. The van der Waals surface area contributed by atoms with Gasteiger partial charge in [-0.3, -0.25) is 0 Å². The first kappa shape index (κ1) is 31.8. The number of unbranched alkanes of at least 4 members (excludes halogenated alkanes) is 1. The van der Waals surface area contributed by atoms with Crippen molar-refractivity contribution in [3.05, 3.63) is 108 Å². The normalized spacial score (nSPS) is 9.89. The van der Waals surface area contributed by atoms with Crippen LogP contribution < -0.4 is 0 Å². The van der Waals surface area contributed by atoms with E-state index in [9.17, 15) is 0 Å². The Kier molecular flexibility index (Phi) is 16.1. The number of fused-ring (bicyclic) bond motifs is 2. The topological polar surface area (TPSA) is 0 Å². The number of hydrogen-bond acceptors (Lipinski definition) is 0. The van der Waals surface area contributed by atoms with Gasteiger partial charge in [0.2, 0.25) is 0 Å². The van der Waals surface area contributed by atoms with Gasteiger partial charge < -0.3 is 0 Å². The van der Waals surface area contributed by atoms with E-state index in [1.54, 1.807) is 0 Å². The van der Waals surface area contributed by atoms with Gasteiger partial charge in [0.25, 0.3) is 0 Å². The van der Waals surface area contributed by atoms with Crippen molar-refractivity contribution in [2.45, 2.75) is 59.0 Å². The summed E-state index contributed by atoms with van der Waals surface area (Å²) in [6.07, 6.45) is 6.10. The second kappa shape index (κ2) is 18.8. The van der Waals surface area contributed by atoms with Crippen molar-refractivity contribution >= 4 is 48.1 Å². The van der Waals surface area contributed by atoms with Gasteiger partial charge in [-0.25, -0.2) is 0 Å². The largest absolute Gasteiger partial charge is 0.168 e. The first-order valence-corrected chi connectivity index (χ1v) is 21.4. The SMILES string of the molecule is CCCCc1cc2c(-c3ccc(CCC)cc3)cccc2[cH-]1.C[Si]C.[Cl][Zr+2][Cl].c1ccc2[cH-]ccc2c1. The maximum absolute atomic E-state index is 4.93. The van der Waals surface area contributed by atoms with Crippen LogP contribution in [-0.2, 0) is 33.7 Å². The summed E-state index contributed by atoms with van der Waals surface area (Å²) in [5.41, 5.74) is 5.61. The van der Waals surface area contributed by atoms with Gasteiger partial charge in [-0.15, -0.1) is 64.2 Å². The third-order valence-corrected chi connectivity index (χ3v) is 5.98. The average molecular weight is 625 g/mol. The van der Waals surface area contributed by atoms with Crippen molar-refractivity contribution < 1.29 is 20.8 Å². The van der Waals surface area contributed by atoms with Crippen LogP contribution in [0.25, 0.3) is 32.7 Å². The minimum absolute atomic E-state index is 0.826. The van der Waals surface area contributed by atoms with E-state index in [2.05, 4.69) is 124 Å². The van der Waals surface area contributed by atoms with Crippen LogP contribution in [0.15, 0.2) is 97.1 Å². The molecule has 192 valence electrons. The number of halogens is 2. The van der Waals surface area contributed by atoms with Crippen molar-refractivity contribution in [1.82, 2.24) is 0 Å².